The van der Waals surface area contributed by atoms with Gasteiger partial charge in [-0.25, -0.2) is 9.59 Å². The van der Waals surface area contributed by atoms with Crippen molar-refractivity contribution in [1.29, 1.82) is 0 Å². The van der Waals surface area contributed by atoms with Gasteiger partial charge in [0.2, 0.25) is 0 Å². The molecular formula is C13H18N2O4S. The quantitative estimate of drug-likeness (QED) is 0.639. The van der Waals surface area contributed by atoms with Crippen molar-refractivity contribution in [3.05, 3.63) is 24.3 Å². The molecule has 0 aliphatic heterocycles. The second-order valence-corrected chi connectivity index (χ2v) is 4.92. The highest BCUT2D eigenvalue weighted by Crippen LogP contribution is 2.15. The molecule has 7 heteroatoms. The number of anilines is 1. The largest absolute Gasteiger partial charge is 0.482 e. The van der Waals surface area contributed by atoms with E-state index in [9.17, 15) is 9.59 Å². The summed E-state index contributed by atoms with van der Waals surface area (Å²) in [5.41, 5.74) is 0.620. The van der Waals surface area contributed by atoms with Crippen molar-refractivity contribution in [2.24, 2.45) is 0 Å². The number of carbonyl (C=O) groups is 2. The zero-order valence-electron chi connectivity index (χ0n) is 11.2. The van der Waals surface area contributed by atoms with Gasteiger partial charge in [-0.05, 0) is 42.7 Å². The van der Waals surface area contributed by atoms with Crippen molar-refractivity contribution in [3.8, 4) is 5.75 Å². The first-order valence-corrected chi connectivity index (χ1v) is 7.49. The minimum absolute atomic E-state index is 0.259. The van der Waals surface area contributed by atoms with Crippen molar-refractivity contribution >= 4 is 29.4 Å². The van der Waals surface area contributed by atoms with E-state index < -0.39 is 5.97 Å². The van der Waals surface area contributed by atoms with E-state index in [0.29, 0.717) is 18.0 Å². The molecule has 6 nitrogen and oxygen atoms in total. The summed E-state index contributed by atoms with van der Waals surface area (Å²) in [6.45, 7) is 0.245. The lowest BCUT2D eigenvalue weighted by molar-refractivity contribution is -0.139. The second-order valence-electron chi connectivity index (χ2n) is 3.93. The van der Waals surface area contributed by atoms with Crippen molar-refractivity contribution in [2.45, 2.75) is 6.42 Å². The van der Waals surface area contributed by atoms with Crippen LogP contribution < -0.4 is 15.4 Å². The fourth-order valence-corrected chi connectivity index (χ4v) is 1.81. The van der Waals surface area contributed by atoms with Gasteiger partial charge >= 0.3 is 12.0 Å². The summed E-state index contributed by atoms with van der Waals surface area (Å²) in [6, 6.07) is 6.25. The Bertz CT molecular complexity index is 437. The Morgan fingerprint density at radius 3 is 2.60 bits per heavy atom. The Morgan fingerprint density at radius 1 is 1.30 bits per heavy atom. The van der Waals surface area contributed by atoms with E-state index in [0.717, 1.165) is 12.2 Å². The van der Waals surface area contributed by atoms with Crippen LogP contribution in [-0.4, -0.2) is 42.3 Å². The van der Waals surface area contributed by atoms with Gasteiger partial charge in [0, 0.05) is 12.2 Å². The zero-order chi connectivity index (χ0) is 14.8. The van der Waals surface area contributed by atoms with Gasteiger partial charge in [-0.2, -0.15) is 11.8 Å². The van der Waals surface area contributed by atoms with Crippen LogP contribution in [0.3, 0.4) is 0 Å². The van der Waals surface area contributed by atoms with Gasteiger partial charge in [0.25, 0.3) is 0 Å². The average Bonchev–Trinajstić information content (AvgIpc) is 2.43. The van der Waals surface area contributed by atoms with E-state index >= 15 is 0 Å². The summed E-state index contributed by atoms with van der Waals surface area (Å²) >= 11 is 1.74. The van der Waals surface area contributed by atoms with E-state index in [2.05, 4.69) is 10.6 Å². The summed E-state index contributed by atoms with van der Waals surface area (Å²) in [6.07, 6.45) is 2.95. The number of rotatable bonds is 8. The first-order valence-electron chi connectivity index (χ1n) is 6.10. The lowest BCUT2D eigenvalue weighted by Gasteiger charge is -2.08. The summed E-state index contributed by atoms with van der Waals surface area (Å²) in [5.74, 6) is 0.422. The molecule has 0 atom stereocenters. The maximum atomic E-state index is 11.5. The third-order valence-corrected chi connectivity index (χ3v) is 2.98. The number of benzene rings is 1. The summed E-state index contributed by atoms with van der Waals surface area (Å²) < 4.78 is 4.99. The normalized spacial score (nSPS) is 9.85. The number of aliphatic carboxylic acids is 1. The first-order chi connectivity index (χ1) is 9.61. The highest BCUT2D eigenvalue weighted by atomic mass is 32.2. The molecule has 0 saturated carbocycles. The minimum atomic E-state index is -1.03. The molecule has 0 aliphatic carbocycles. The van der Waals surface area contributed by atoms with E-state index in [-0.39, 0.29) is 12.6 Å². The maximum Gasteiger partial charge on any atom is 0.341 e. The van der Waals surface area contributed by atoms with Gasteiger partial charge in [-0.1, -0.05) is 0 Å². The van der Waals surface area contributed by atoms with Crippen LogP contribution in [0.2, 0.25) is 0 Å². The predicted molar refractivity (Wildman–Crippen MR) is 79.6 cm³/mol. The fraction of sp³-hybridized carbons (Fsp3) is 0.385. The molecule has 0 unspecified atom stereocenters. The number of carboxylic acids is 1. The van der Waals surface area contributed by atoms with Crippen molar-refractivity contribution < 1.29 is 19.4 Å². The molecule has 1 aromatic rings. The van der Waals surface area contributed by atoms with E-state index in [1.54, 1.807) is 36.0 Å². The third kappa shape index (κ3) is 6.89. The topological polar surface area (TPSA) is 87.7 Å². The van der Waals surface area contributed by atoms with E-state index in [1.165, 1.54) is 0 Å². The molecule has 1 aromatic carbocycles. The summed E-state index contributed by atoms with van der Waals surface area (Å²) in [4.78, 5) is 21.9. The molecule has 110 valence electrons. The molecule has 0 heterocycles. The van der Waals surface area contributed by atoms with Gasteiger partial charge in [-0.3, -0.25) is 0 Å². The molecule has 1 rings (SSSR count). The van der Waals surface area contributed by atoms with Crippen molar-refractivity contribution in [1.82, 2.24) is 5.32 Å². The van der Waals surface area contributed by atoms with Gasteiger partial charge in [-0.15, -0.1) is 0 Å². The SMILES string of the molecule is CSCCCNC(=O)Nc1ccc(OCC(=O)O)cc1. The maximum absolute atomic E-state index is 11.5. The van der Waals surface area contributed by atoms with Crippen molar-refractivity contribution in [2.75, 3.05) is 30.5 Å². The molecule has 0 spiro atoms. The predicted octanol–water partition coefficient (Wildman–Crippen LogP) is 2.02. The summed E-state index contributed by atoms with van der Waals surface area (Å²) in [7, 11) is 0. The molecule has 0 bridgehead atoms. The number of urea groups is 1. The Kier molecular flexibility index (Phi) is 7.34. The second kappa shape index (κ2) is 9.08. The Hall–Kier alpha value is -1.89. The molecule has 20 heavy (non-hydrogen) atoms. The van der Waals surface area contributed by atoms with Crippen LogP contribution in [0.4, 0.5) is 10.5 Å². The van der Waals surface area contributed by atoms with Crippen LogP contribution in [0, 0.1) is 0 Å². The third-order valence-electron chi connectivity index (χ3n) is 2.29. The molecule has 0 saturated heterocycles. The van der Waals surface area contributed by atoms with Crippen LogP contribution in [-0.2, 0) is 4.79 Å². The highest BCUT2D eigenvalue weighted by Gasteiger charge is 2.02. The molecule has 2 amide bonds. The van der Waals surface area contributed by atoms with E-state index in [4.69, 9.17) is 9.84 Å². The molecule has 0 radical (unpaired) electrons. The number of hydrogen-bond acceptors (Lipinski definition) is 4. The highest BCUT2D eigenvalue weighted by molar-refractivity contribution is 7.98. The Balaban J connectivity index is 2.33. The average molecular weight is 298 g/mol. The van der Waals surface area contributed by atoms with Gasteiger partial charge in [0.05, 0.1) is 0 Å². The standard InChI is InChI=1S/C13H18N2O4S/c1-20-8-2-7-14-13(18)15-10-3-5-11(6-4-10)19-9-12(16)17/h3-6H,2,7-9H2,1H3,(H,16,17)(H2,14,15,18). The molecule has 0 fully saturated rings. The van der Waals surface area contributed by atoms with Crippen LogP contribution in [0.5, 0.6) is 5.75 Å². The van der Waals surface area contributed by atoms with Crippen LogP contribution >= 0.6 is 11.8 Å². The zero-order valence-corrected chi connectivity index (χ0v) is 12.0. The lowest BCUT2D eigenvalue weighted by atomic mass is 10.3. The number of carboxylic acid groups (broad SMARTS) is 1. The lowest BCUT2D eigenvalue weighted by Crippen LogP contribution is -2.29. The number of nitrogens with one attached hydrogen (secondary N) is 2. The fourth-order valence-electron chi connectivity index (χ4n) is 1.37. The molecule has 0 aliphatic rings. The van der Waals surface area contributed by atoms with E-state index in [1.807, 2.05) is 6.26 Å². The molecule has 0 aromatic heterocycles. The van der Waals surface area contributed by atoms with Crippen molar-refractivity contribution in [3.63, 3.8) is 0 Å². The number of hydrogen-bond donors (Lipinski definition) is 3. The number of ether oxygens (including phenoxy) is 1. The van der Waals surface area contributed by atoms with Gasteiger partial charge in [0.1, 0.15) is 5.75 Å². The Morgan fingerprint density at radius 2 is 2.00 bits per heavy atom. The van der Waals surface area contributed by atoms with Gasteiger partial charge in [0.15, 0.2) is 6.61 Å². The smallest absolute Gasteiger partial charge is 0.341 e. The number of carbonyl (C=O) groups excluding carboxylic acids is 1. The molecule has 3 N–H and O–H groups in total. The molecular weight excluding hydrogens is 280 g/mol. The van der Waals surface area contributed by atoms with Crippen LogP contribution in [0.1, 0.15) is 6.42 Å². The number of thioether (sulfide) groups is 1. The number of amides is 2. The monoisotopic (exact) mass is 298 g/mol. The first kappa shape index (κ1) is 16.2. The summed E-state index contributed by atoms with van der Waals surface area (Å²) in [5, 5.41) is 13.9. The van der Waals surface area contributed by atoms with Crippen LogP contribution in [0.25, 0.3) is 0 Å². The van der Waals surface area contributed by atoms with Crippen LogP contribution in [0.15, 0.2) is 24.3 Å². The van der Waals surface area contributed by atoms with Gasteiger partial charge < -0.3 is 20.5 Å². The Labute approximate surface area is 121 Å². The minimum Gasteiger partial charge on any atom is -0.482 e.